The number of furan rings is 1. The van der Waals surface area contributed by atoms with Crippen molar-refractivity contribution in [2.45, 2.75) is 44.2 Å². The van der Waals surface area contributed by atoms with Crippen LogP contribution in [0.25, 0.3) is 0 Å². The molecule has 2 aliphatic rings. The number of nitrogens with one attached hydrogen (secondary N) is 2. The van der Waals surface area contributed by atoms with Gasteiger partial charge in [0.1, 0.15) is 11.8 Å². The number of benzene rings is 2. The summed E-state index contributed by atoms with van der Waals surface area (Å²) in [6.45, 7) is -0.609. The van der Waals surface area contributed by atoms with E-state index in [0.29, 0.717) is 12.0 Å². The molecule has 15 heteroatoms. The summed E-state index contributed by atoms with van der Waals surface area (Å²) in [7, 11) is 0. The number of nitrogens with zero attached hydrogens (tertiary/aromatic N) is 2. The van der Waals surface area contributed by atoms with Gasteiger partial charge in [0.05, 0.1) is 33.8 Å². The number of hydrogen-bond acceptors (Lipinski definition) is 9. The van der Waals surface area contributed by atoms with Crippen LogP contribution in [-0.2, 0) is 30.3 Å². The Bertz CT molecular complexity index is 1680. The predicted octanol–water partition coefficient (Wildman–Crippen LogP) is 3.32. The number of fused-ring (bicyclic) bond motifs is 1. The molecule has 3 atom stereocenters. The minimum absolute atomic E-state index is 0.00208. The molecule has 0 spiro atoms. The Morgan fingerprint density at radius 1 is 1.00 bits per heavy atom. The van der Waals surface area contributed by atoms with Gasteiger partial charge in [-0.1, -0.05) is 41.4 Å². The van der Waals surface area contributed by atoms with E-state index in [1.165, 1.54) is 41.6 Å². The monoisotopic (exact) mass is 698 g/mol. The van der Waals surface area contributed by atoms with E-state index < -0.39 is 54.1 Å². The molecule has 13 nitrogen and oxygen atoms in total. The van der Waals surface area contributed by atoms with E-state index in [0.717, 1.165) is 5.01 Å². The number of phenolic OH excluding ortho intramolecular Hbond substituents is 1. The highest BCUT2D eigenvalue weighted by atomic mass is 35.5. The van der Waals surface area contributed by atoms with E-state index in [9.17, 15) is 33.9 Å². The molecule has 1 unspecified atom stereocenters. The van der Waals surface area contributed by atoms with Gasteiger partial charge in [0.15, 0.2) is 18.2 Å². The molecule has 1 aromatic heterocycles. The van der Waals surface area contributed by atoms with Crippen LogP contribution in [0.4, 0.5) is 0 Å². The number of amides is 4. The summed E-state index contributed by atoms with van der Waals surface area (Å²) in [5.74, 6) is -4.44. The average molecular weight is 700 g/mol. The van der Waals surface area contributed by atoms with Crippen molar-refractivity contribution in [1.82, 2.24) is 20.7 Å². The number of halogens is 2. The first-order valence-corrected chi connectivity index (χ1v) is 16.0. The van der Waals surface area contributed by atoms with E-state index in [1.807, 2.05) is 0 Å². The van der Waals surface area contributed by atoms with Gasteiger partial charge in [-0.25, -0.2) is 9.80 Å². The third kappa shape index (κ3) is 7.97. The van der Waals surface area contributed by atoms with E-state index in [2.05, 4.69) is 10.6 Å². The molecule has 3 heterocycles. The van der Waals surface area contributed by atoms with Crippen LogP contribution in [0.1, 0.15) is 52.2 Å². The summed E-state index contributed by atoms with van der Waals surface area (Å²) in [6.07, 6.45) is 2.10. The number of phenols is 1. The molecule has 48 heavy (non-hydrogen) atoms. The fourth-order valence-corrected chi connectivity index (χ4v) is 6.16. The molecular weight excluding hydrogens is 667 g/mol. The Kier molecular flexibility index (Phi) is 11.0. The van der Waals surface area contributed by atoms with Crippen molar-refractivity contribution in [3.63, 3.8) is 0 Å². The minimum Gasteiger partial charge on any atom is -0.508 e. The molecule has 0 bridgehead atoms. The maximum Gasteiger partial charge on any atom is 0.341 e. The first-order chi connectivity index (χ1) is 23.0. The number of carbonyl (C=O) groups excluding carboxylic acids is 6. The van der Waals surface area contributed by atoms with Crippen molar-refractivity contribution < 1.29 is 43.0 Å². The summed E-state index contributed by atoms with van der Waals surface area (Å²) >= 11 is 12.2. The Balaban J connectivity index is 1.33. The van der Waals surface area contributed by atoms with E-state index in [1.54, 1.807) is 24.3 Å². The highest BCUT2D eigenvalue weighted by molar-refractivity contribution is 6.39. The summed E-state index contributed by atoms with van der Waals surface area (Å²) in [5.41, 5.74) is 0.458. The van der Waals surface area contributed by atoms with E-state index >= 15 is 0 Å². The molecule has 0 radical (unpaired) electrons. The molecule has 3 N–H and O–H groups in total. The first-order valence-electron chi connectivity index (χ1n) is 15.2. The van der Waals surface area contributed by atoms with Gasteiger partial charge in [-0.15, -0.1) is 0 Å². The second kappa shape index (κ2) is 15.3. The molecule has 0 aliphatic carbocycles. The lowest BCUT2D eigenvalue weighted by Gasteiger charge is -2.43. The first kappa shape index (κ1) is 34.5. The van der Waals surface area contributed by atoms with Crippen LogP contribution in [0.15, 0.2) is 65.3 Å². The fourth-order valence-electron chi connectivity index (χ4n) is 5.61. The maximum absolute atomic E-state index is 13.9. The van der Waals surface area contributed by atoms with Gasteiger partial charge in [-0.2, -0.15) is 0 Å². The normalized spacial score (nSPS) is 18.4. The number of rotatable bonds is 11. The van der Waals surface area contributed by atoms with Crippen molar-refractivity contribution in [3.05, 3.63) is 87.8 Å². The number of Topliss-reactive ketones (excluding diaryl/α,β-unsaturated/α-hetero) is 1. The molecule has 2 fully saturated rings. The topological polar surface area (TPSA) is 176 Å². The lowest BCUT2D eigenvalue weighted by atomic mass is 9.99. The third-order valence-corrected chi connectivity index (χ3v) is 8.75. The van der Waals surface area contributed by atoms with Crippen LogP contribution in [0.5, 0.6) is 5.75 Å². The van der Waals surface area contributed by atoms with Crippen LogP contribution in [-0.4, -0.2) is 82.3 Å². The van der Waals surface area contributed by atoms with Gasteiger partial charge < -0.3 is 24.9 Å². The molecule has 252 valence electrons. The third-order valence-electron chi connectivity index (χ3n) is 8.12. The summed E-state index contributed by atoms with van der Waals surface area (Å²) < 4.78 is 10.3. The molecule has 0 saturated carbocycles. The van der Waals surface area contributed by atoms with Gasteiger partial charge in [0, 0.05) is 19.5 Å². The van der Waals surface area contributed by atoms with Gasteiger partial charge in [0.2, 0.25) is 17.7 Å². The standard InChI is InChI=1S/C33H32Cl2N4O9/c34-22-4-1-5-23(35)29(22)33(46)48-18-26(41)24(16-19-8-11-21(40)12-9-19)37-30(43)25-6-2-14-38-28(42)13-10-20(32(45)39(25)38)17-36-31(44)27-7-3-15-47-27/h1,3-5,7-9,11-12,15,20,24-25,40H,2,6,10,13-14,16-18H2,(H,36,44)(H,37,43)/t20-,24+,25?/m1/s1. The number of ketones is 1. The lowest BCUT2D eigenvalue weighted by Crippen LogP contribution is -2.63. The Labute approximate surface area is 285 Å². The van der Waals surface area contributed by atoms with E-state index in [4.69, 9.17) is 32.4 Å². The second-order valence-corrected chi connectivity index (χ2v) is 12.2. The molecule has 2 aromatic carbocycles. The van der Waals surface area contributed by atoms with Crippen molar-refractivity contribution >= 4 is 58.6 Å². The molecular formula is C33H32Cl2N4O9. The van der Waals surface area contributed by atoms with Crippen LogP contribution in [0.3, 0.4) is 0 Å². The molecule has 3 aromatic rings. The SMILES string of the molecule is O=C(NC[C@H]1CCC(=O)N2CCCC(C(=O)N[C@@H](Cc3ccc(O)cc3)C(=O)COC(=O)c3c(Cl)cccc3Cl)N2C1=O)c1ccco1. The summed E-state index contributed by atoms with van der Waals surface area (Å²) in [6, 6.07) is 11.1. The van der Waals surface area contributed by atoms with Crippen molar-refractivity contribution in [1.29, 1.82) is 0 Å². The number of esters is 1. The van der Waals surface area contributed by atoms with E-state index in [-0.39, 0.29) is 71.8 Å². The quantitative estimate of drug-likeness (QED) is 0.254. The van der Waals surface area contributed by atoms with Gasteiger partial charge in [-0.3, -0.25) is 29.0 Å². The molecule has 2 aliphatic heterocycles. The fraction of sp³-hybridized carbons (Fsp3) is 0.333. The van der Waals surface area contributed by atoms with Crippen molar-refractivity contribution in [2.75, 3.05) is 19.7 Å². The molecule has 4 amide bonds. The maximum atomic E-state index is 13.9. The highest BCUT2D eigenvalue weighted by Gasteiger charge is 2.44. The number of hydrogen-bond donors (Lipinski definition) is 3. The Hall–Kier alpha value is -4.88. The number of hydrazine groups is 1. The summed E-state index contributed by atoms with van der Waals surface area (Å²) in [4.78, 5) is 79.6. The van der Waals surface area contributed by atoms with Crippen molar-refractivity contribution in [3.8, 4) is 5.75 Å². The zero-order valence-electron chi connectivity index (χ0n) is 25.5. The van der Waals surface area contributed by atoms with Gasteiger partial charge in [0.25, 0.3) is 5.91 Å². The smallest absolute Gasteiger partial charge is 0.341 e. The Morgan fingerprint density at radius 3 is 2.42 bits per heavy atom. The van der Waals surface area contributed by atoms with Crippen LogP contribution < -0.4 is 10.6 Å². The lowest BCUT2D eigenvalue weighted by molar-refractivity contribution is -0.177. The largest absolute Gasteiger partial charge is 0.508 e. The zero-order valence-corrected chi connectivity index (χ0v) is 27.0. The molecule has 2 saturated heterocycles. The zero-order chi connectivity index (χ0) is 34.4. The van der Waals surface area contributed by atoms with Gasteiger partial charge in [-0.05, 0) is 67.6 Å². The van der Waals surface area contributed by atoms with Crippen molar-refractivity contribution in [2.24, 2.45) is 5.92 Å². The van der Waals surface area contributed by atoms with Crippen LogP contribution in [0.2, 0.25) is 10.0 Å². The predicted molar refractivity (Wildman–Crippen MR) is 171 cm³/mol. The number of ether oxygens (including phenoxy) is 1. The Morgan fingerprint density at radius 2 is 1.73 bits per heavy atom. The highest BCUT2D eigenvalue weighted by Crippen LogP contribution is 2.28. The average Bonchev–Trinajstić information content (AvgIpc) is 3.59. The van der Waals surface area contributed by atoms with Gasteiger partial charge >= 0.3 is 5.97 Å². The number of aromatic hydroxyl groups is 1. The minimum atomic E-state index is -1.23. The number of carbonyl (C=O) groups is 6. The second-order valence-electron chi connectivity index (χ2n) is 11.4. The van der Waals surface area contributed by atoms with Crippen LogP contribution in [0, 0.1) is 5.92 Å². The van der Waals surface area contributed by atoms with Crippen LogP contribution >= 0.6 is 23.2 Å². The molecule has 5 rings (SSSR count). The summed E-state index contributed by atoms with van der Waals surface area (Å²) in [5, 5.41) is 17.5.